The van der Waals surface area contributed by atoms with Gasteiger partial charge in [-0.05, 0) is 10.8 Å². The Morgan fingerprint density at radius 3 is 1.13 bits per heavy atom. The van der Waals surface area contributed by atoms with Crippen molar-refractivity contribution in [2.75, 3.05) is 0 Å². The summed E-state index contributed by atoms with van der Waals surface area (Å²) >= 11 is 0. The van der Waals surface area contributed by atoms with Crippen LogP contribution in [-0.4, -0.2) is 0 Å². The van der Waals surface area contributed by atoms with Crippen LogP contribution in [0.5, 0.6) is 0 Å². The fourth-order valence-electron chi connectivity index (χ4n) is 3.61. The first-order chi connectivity index (χ1) is 12.2. The first-order valence-corrected chi connectivity index (χ1v) is 9.48. The molecular weight excluding hydrogens is 486 g/mol. The molecule has 0 amide bonds. The fourth-order valence-corrected chi connectivity index (χ4v) is 3.61. The Morgan fingerprint density at radius 1 is 0.533 bits per heavy atom. The Kier molecular flexibility index (Phi) is 12.8. The van der Waals surface area contributed by atoms with Gasteiger partial charge in [0.05, 0.1) is 0 Å². The van der Waals surface area contributed by atoms with Gasteiger partial charge in [0.2, 0.25) is 0 Å². The van der Waals surface area contributed by atoms with Gasteiger partial charge in [0, 0.05) is 0 Å². The molecule has 0 N–H and O–H groups in total. The summed E-state index contributed by atoms with van der Waals surface area (Å²) in [5.41, 5.74) is 3.40. The molecule has 4 aromatic rings. The topological polar surface area (TPSA) is 0 Å². The smallest absolute Gasteiger partial charge is 1.00 e. The third-order valence-electron chi connectivity index (χ3n) is 4.98. The van der Waals surface area contributed by atoms with Crippen molar-refractivity contribution >= 4 is 21.5 Å². The summed E-state index contributed by atoms with van der Waals surface area (Å²) in [6, 6.07) is 26.0. The molecule has 0 saturated heterocycles. The monoisotopic (exact) mass is 518 g/mol. The summed E-state index contributed by atoms with van der Waals surface area (Å²) in [6.45, 7) is 13.6. The van der Waals surface area contributed by atoms with Crippen LogP contribution in [-0.2, 0) is 37.0 Å². The van der Waals surface area contributed by atoms with Crippen molar-refractivity contribution in [2.45, 2.75) is 59.8 Å². The number of hydrogen-bond acceptors (Lipinski definition) is 0. The van der Waals surface area contributed by atoms with Gasteiger partial charge in [-0.25, -0.2) is 0 Å². The van der Waals surface area contributed by atoms with Crippen LogP contribution in [0.25, 0.3) is 21.5 Å². The van der Waals surface area contributed by atoms with Gasteiger partial charge >= 0.3 is 26.2 Å². The van der Waals surface area contributed by atoms with Gasteiger partial charge in [-0.2, -0.15) is 12.1 Å². The van der Waals surface area contributed by atoms with Crippen molar-refractivity contribution in [1.29, 1.82) is 0 Å². The quantitative estimate of drug-likeness (QED) is 0.313. The number of benzene rings is 2. The largest absolute Gasteiger partial charge is 2.00 e. The molecule has 0 nitrogen and oxygen atoms in total. The summed E-state index contributed by atoms with van der Waals surface area (Å²) in [7, 11) is 0. The predicted molar refractivity (Wildman–Crippen MR) is 123 cm³/mol. The maximum atomic E-state index is 2.26. The van der Waals surface area contributed by atoms with Crippen LogP contribution in [0.15, 0.2) is 72.8 Å². The minimum Gasteiger partial charge on any atom is -1.00 e. The van der Waals surface area contributed by atoms with Crippen molar-refractivity contribution < 1.29 is 51.0 Å². The summed E-state index contributed by atoms with van der Waals surface area (Å²) in [5.74, 6) is 0. The van der Waals surface area contributed by atoms with Crippen molar-refractivity contribution in [2.24, 2.45) is 0 Å². The Morgan fingerprint density at radius 2 is 0.833 bits per heavy atom. The molecule has 0 heterocycles. The molecular formula is C27H34Cl2Zr-2. The normalized spacial score (nSPS) is 10.6. The van der Waals surface area contributed by atoms with E-state index in [1.54, 1.807) is 0 Å². The molecule has 0 bridgehead atoms. The van der Waals surface area contributed by atoms with Gasteiger partial charge in [-0.15, -0.1) is 81.2 Å². The van der Waals surface area contributed by atoms with Crippen LogP contribution in [0.3, 0.4) is 0 Å². The Labute approximate surface area is 215 Å². The zero-order valence-electron chi connectivity index (χ0n) is 18.2. The second-order valence-electron chi connectivity index (χ2n) is 9.17. The van der Waals surface area contributed by atoms with Crippen molar-refractivity contribution in [1.82, 2.24) is 0 Å². The van der Waals surface area contributed by atoms with E-state index in [0.717, 1.165) is 0 Å². The minimum atomic E-state index is 0. The molecule has 4 rings (SSSR count). The third-order valence-corrected chi connectivity index (χ3v) is 4.98. The third kappa shape index (κ3) is 7.08. The van der Waals surface area contributed by atoms with E-state index in [2.05, 4.69) is 114 Å². The molecule has 3 heteroatoms. The van der Waals surface area contributed by atoms with Gasteiger partial charge in [-0.1, -0.05) is 61.1 Å². The zero-order chi connectivity index (χ0) is 18.9. The van der Waals surface area contributed by atoms with Crippen molar-refractivity contribution in [3.8, 4) is 0 Å². The van der Waals surface area contributed by atoms with Crippen LogP contribution < -0.4 is 24.8 Å². The van der Waals surface area contributed by atoms with Gasteiger partial charge in [0.15, 0.2) is 0 Å². The molecule has 0 unspecified atom stereocenters. The van der Waals surface area contributed by atoms with Crippen molar-refractivity contribution in [3.63, 3.8) is 0 Å². The molecule has 0 aromatic heterocycles. The summed E-state index contributed by atoms with van der Waals surface area (Å²) in [6.07, 6.45) is 0. The van der Waals surface area contributed by atoms with E-state index in [-0.39, 0.29) is 69.3 Å². The Hall–Kier alpha value is -0.877. The standard InChI is InChI=1S/2C13H15.CH4.2ClH.Zr/c2*1-13(2,3)12-9-8-10-6-4-5-7-11(10)12;;;;/h2*4-9H,1-3H3;1H4;2*1H;/q2*-1;;;;+2/p-2. The molecule has 0 atom stereocenters. The molecule has 0 spiro atoms. The molecule has 162 valence electrons. The SMILES string of the molecule is C.CC(C)(C)[c-]1ccc2ccccc21.CC(C)(C)[c-]1ccc2ccccc21.[Cl-].[Cl-].[Zr+2]. The molecule has 4 aromatic carbocycles. The number of fused-ring (bicyclic) bond motifs is 2. The minimum absolute atomic E-state index is 0. The van der Waals surface area contributed by atoms with Crippen LogP contribution in [0.1, 0.15) is 60.1 Å². The maximum Gasteiger partial charge on any atom is 2.00 e. The first-order valence-electron chi connectivity index (χ1n) is 9.48. The van der Waals surface area contributed by atoms with E-state index in [1.807, 2.05) is 0 Å². The van der Waals surface area contributed by atoms with Gasteiger partial charge < -0.3 is 24.8 Å². The second kappa shape index (κ2) is 12.2. The van der Waals surface area contributed by atoms with E-state index in [1.165, 1.54) is 32.7 Å². The molecule has 0 radical (unpaired) electrons. The molecule has 0 aliphatic heterocycles. The maximum absolute atomic E-state index is 2.26. The van der Waals surface area contributed by atoms with Gasteiger partial charge in [-0.3, -0.25) is 0 Å². The summed E-state index contributed by atoms with van der Waals surface area (Å²) in [5, 5.41) is 5.50. The van der Waals surface area contributed by atoms with E-state index in [0.29, 0.717) is 0 Å². The van der Waals surface area contributed by atoms with E-state index < -0.39 is 0 Å². The molecule has 30 heavy (non-hydrogen) atoms. The van der Waals surface area contributed by atoms with Crippen molar-refractivity contribution in [3.05, 3.63) is 83.9 Å². The zero-order valence-corrected chi connectivity index (χ0v) is 22.2. The first kappa shape index (κ1) is 31.3. The van der Waals surface area contributed by atoms with Crippen LogP contribution in [0.4, 0.5) is 0 Å². The second-order valence-corrected chi connectivity index (χ2v) is 9.17. The average molecular weight is 521 g/mol. The average Bonchev–Trinajstić information content (AvgIpc) is 3.19. The Bertz CT molecular complexity index is 926. The molecule has 0 aliphatic carbocycles. The molecule has 0 fully saturated rings. The number of rotatable bonds is 0. The van der Waals surface area contributed by atoms with E-state index in [4.69, 9.17) is 0 Å². The summed E-state index contributed by atoms with van der Waals surface area (Å²) < 4.78 is 0. The van der Waals surface area contributed by atoms with Gasteiger partial charge in [0.1, 0.15) is 0 Å². The Balaban J connectivity index is 0. The predicted octanol–water partition coefficient (Wildman–Crippen LogP) is 2.35. The van der Waals surface area contributed by atoms with Crippen LogP contribution in [0, 0.1) is 0 Å². The number of hydrogen-bond donors (Lipinski definition) is 0. The van der Waals surface area contributed by atoms with Gasteiger partial charge in [0.25, 0.3) is 0 Å². The van der Waals surface area contributed by atoms with Crippen LogP contribution >= 0.6 is 0 Å². The summed E-state index contributed by atoms with van der Waals surface area (Å²) in [4.78, 5) is 0. The van der Waals surface area contributed by atoms with Crippen LogP contribution in [0.2, 0.25) is 0 Å². The van der Waals surface area contributed by atoms with E-state index in [9.17, 15) is 0 Å². The molecule has 0 saturated carbocycles. The fraction of sp³-hybridized carbons (Fsp3) is 0.333. The van der Waals surface area contributed by atoms with E-state index >= 15 is 0 Å². The molecule has 0 aliphatic rings. The number of halogens is 2.